The third kappa shape index (κ3) is 2.60. The van der Waals surface area contributed by atoms with E-state index in [4.69, 9.17) is 4.74 Å². The highest BCUT2D eigenvalue weighted by molar-refractivity contribution is 6.33. The van der Waals surface area contributed by atoms with Gasteiger partial charge in [0, 0.05) is 18.2 Å². The maximum absolute atomic E-state index is 12.6. The smallest absolute Gasteiger partial charge is 0.410 e. The summed E-state index contributed by atoms with van der Waals surface area (Å²) in [4.78, 5) is 37.6. The molecular weight excluding hydrogens is 296 g/mol. The van der Waals surface area contributed by atoms with Gasteiger partial charge in [0.05, 0.1) is 5.69 Å². The van der Waals surface area contributed by atoms with Crippen LogP contribution in [0, 0.1) is 6.92 Å². The number of carbonyl (C=O) groups is 3. The van der Waals surface area contributed by atoms with Crippen LogP contribution < -0.4 is 15.0 Å². The highest BCUT2D eigenvalue weighted by Crippen LogP contribution is 2.37. The molecule has 0 unspecified atom stereocenters. The van der Waals surface area contributed by atoms with E-state index in [1.54, 1.807) is 25.1 Å². The van der Waals surface area contributed by atoms with Crippen molar-refractivity contribution in [2.75, 3.05) is 11.9 Å². The number of hydrogen-bond donors (Lipinski definition) is 1. The molecule has 120 valence electrons. The zero-order valence-electron chi connectivity index (χ0n) is 13.1. The third-order valence-corrected chi connectivity index (χ3v) is 4.21. The number of nitrogens with zero attached hydrogens (tertiary/aromatic N) is 1. The quantitative estimate of drug-likeness (QED) is 0.851. The Morgan fingerprint density at radius 1 is 1.13 bits per heavy atom. The summed E-state index contributed by atoms with van der Waals surface area (Å²) in [5.74, 6) is -0.0667. The lowest BCUT2D eigenvalue weighted by Crippen LogP contribution is -2.32. The van der Waals surface area contributed by atoms with Crippen LogP contribution in [0.15, 0.2) is 29.3 Å². The van der Waals surface area contributed by atoms with Crippen LogP contribution in [0.5, 0.6) is 5.75 Å². The lowest BCUT2D eigenvalue weighted by molar-refractivity contribution is -0.120. The van der Waals surface area contributed by atoms with Crippen molar-refractivity contribution in [3.63, 3.8) is 0 Å². The van der Waals surface area contributed by atoms with Crippen molar-refractivity contribution < 1.29 is 19.1 Å². The van der Waals surface area contributed by atoms with Crippen LogP contribution in [0.3, 0.4) is 0 Å². The van der Waals surface area contributed by atoms with E-state index in [0.717, 1.165) is 12.8 Å². The maximum Gasteiger partial charge on any atom is 0.412 e. The molecule has 0 spiro atoms. The van der Waals surface area contributed by atoms with E-state index in [0.29, 0.717) is 41.0 Å². The van der Waals surface area contributed by atoms with Gasteiger partial charge in [0.25, 0.3) is 11.8 Å². The Labute approximate surface area is 134 Å². The Morgan fingerprint density at radius 3 is 2.26 bits per heavy atom. The summed E-state index contributed by atoms with van der Waals surface area (Å²) in [7, 11) is 1.47. The molecule has 2 aliphatic rings. The molecule has 1 aliphatic carbocycles. The summed E-state index contributed by atoms with van der Waals surface area (Å²) in [5.41, 5.74) is 2.56. The molecule has 1 N–H and O–H groups in total. The molecule has 0 fully saturated rings. The molecule has 1 aromatic rings. The van der Waals surface area contributed by atoms with E-state index in [2.05, 4.69) is 5.32 Å². The van der Waals surface area contributed by atoms with Gasteiger partial charge in [-0.3, -0.25) is 9.59 Å². The standard InChI is InChI=1S/C17H18N2O4/c1-10-9-11(23-17(22)18-2)7-8-14(10)19-15(20)12-5-3-4-6-13(12)16(19)21/h7-9H,3-6H2,1-2H3,(H,18,22). The van der Waals surface area contributed by atoms with Crippen LogP contribution in [0.1, 0.15) is 31.2 Å². The first kappa shape index (κ1) is 15.3. The SMILES string of the molecule is CNC(=O)Oc1ccc(N2C(=O)C3=C(CCCC3)C2=O)c(C)c1. The lowest BCUT2D eigenvalue weighted by atomic mass is 9.93. The third-order valence-electron chi connectivity index (χ3n) is 4.21. The van der Waals surface area contributed by atoms with Gasteiger partial charge in [-0.25, -0.2) is 9.69 Å². The molecule has 0 saturated heterocycles. The fourth-order valence-corrected chi connectivity index (χ4v) is 3.06. The summed E-state index contributed by atoms with van der Waals surface area (Å²) in [5, 5.41) is 2.36. The van der Waals surface area contributed by atoms with Gasteiger partial charge in [-0.2, -0.15) is 0 Å². The largest absolute Gasteiger partial charge is 0.412 e. The average molecular weight is 314 g/mol. The highest BCUT2D eigenvalue weighted by atomic mass is 16.5. The fourth-order valence-electron chi connectivity index (χ4n) is 3.06. The lowest BCUT2D eigenvalue weighted by Gasteiger charge is -2.18. The van der Waals surface area contributed by atoms with E-state index < -0.39 is 6.09 Å². The van der Waals surface area contributed by atoms with Gasteiger partial charge >= 0.3 is 6.09 Å². The van der Waals surface area contributed by atoms with E-state index in [1.807, 2.05) is 0 Å². The van der Waals surface area contributed by atoms with E-state index >= 15 is 0 Å². The minimum Gasteiger partial charge on any atom is -0.410 e. The first-order valence-electron chi connectivity index (χ1n) is 7.64. The summed E-state index contributed by atoms with van der Waals surface area (Å²) >= 11 is 0. The minimum absolute atomic E-state index is 0.215. The molecular formula is C17H18N2O4. The van der Waals surface area contributed by atoms with Crippen LogP contribution in [0.2, 0.25) is 0 Å². The van der Waals surface area contributed by atoms with Crippen molar-refractivity contribution in [2.24, 2.45) is 0 Å². The molecule has 0 aromatic heterocycles. The maximum atomic E-state index is 12.6. The molecule has 0 bridgehead atoms. The predicted octanol–water partition coefficient (Wildman–Crippen LogP) is 2.46. The van der Waals surface area contributed by atoms with Gasteiger partial charge in [0.2, 0.25) is 0 Å². The second-order valence-electron chi connectivity index (χ2n) is 5.70. The second kappa shape index (κ2) is 5.87. The Hall–Kier alpha value is -2.63. The summed E-state index contributed by atoms with van der Waals surface area (Å²) in [6.45, 7) is 1.78. The number of benzene rings is 1. The first-order valence-corrected chi connectivity index (χ1v) is 7.64. The van der Waals surface area contributed by atoms with Crippen molar-refractivity contribution in [2.45, 2.75) is 32.6 Å². The van der Waals surface area contributed by atoms with Crippen molar-refractivity contribution >= 4 is 23.6 Å². The Kier molecular flexibility index (Phi) is 3.90. The number of anilines is 1. The number of nitrogens with one attached hydrogen (secondary N) is 1. The molecule has 0 radical (unpaired) electrons. The highest BCUT2D eigenvalue weighted by Gasteiger charge is 2.40. The van der Waals surface area contributed by atoms with Crippen LogP contribution in [0.25, 0.3) is 0 Å². The molecule has 1 heterocycles. The van der Waals surface area contributed by atoms with Crippen molar-refractivity contribution in [1.29, 1.82) is 0 Å². The zero-order chi connectivity index (χ0) is 16.6. The van der Waals surface area contributed by atoms with E-state index in [-0.39, 0.29) is 11.8 Å². The number of ether oxygens (including phenoxy) is 1. The molecule has 23 heavy (non-hydrogen) atoms. The molecule has 0 saturated carbocycles. The van der Waals surface area contributed by atoms with Crippen molar-refractivity contribution in [1.82, 2.24) is 5.32 Å². The van der Waals surface area contributed by atoms with Crippen molar-refractivity contribution in [3.8, 4) is 5.75 Å². The Balaban J connectivity index is 1.89. The summed E-state index contributed by atoms with van der Waals surface area (Å²) in [6.07, 6.45) is 2.68. The predicted molar refractivity (Wildman–Crippen MR) is 84.2 cm³/mol. The topological polar surface area (TPSA) is 75.7 Å². The van der Waals surface area contributed by atoms with Gasteiger partial charge in [-0.05, 0) is 56.4 Å². The van der Waals surface area contributed by atoms with Crippen molar-refractivity contribution in [3.05, 3.63) is 34.9 Å². The van der Waals surface area contributed by atoms with Crippen LogP contribution in [-0.2, 0) is 9.59 Å². The summed E-state index contributed by atoms with van der Waals surface area (Å²) in [6, 6.07) is 4.86. The van der Waals surface area contributed by atoms with Gasteiger partial charge in [0.15, 0.2) is 0 Å². The molecule has 3 rings (SSSR count). The van der Waals surface area contributed by atoms with Crippen LogP contribution in [-0.4, -0.2) is 25.0 Å². The molecule has 1 aliphatic heterocycles. The average Bonchev–Trinajstić information content (AvgIpc) is 2.80. The molecule has 1 aromatic carbocycles. The number of imide groups is 1. The monoisotopic (exact) mass is 314 g/mol. The molecule has 6 nitrogen and oxygen atoms in total. The second-order valence-corrected chi connectivity index (χ2v) is 5.70. The van der Waals surface area contributed by atoms with Gasteiger partial charge < -0.3 is 10.1 Å². The van der Waals surface area contributed by atoms with Crippen LogP contribution in [0.4, 0.5) is 10.5 Å². The number of carbonyl (C=O) groups excluding carboxylic acids is 3. The normalized spacial score (nSPS) is 17.4. The fraction of sp³-hybridized carbons (Fsp3) is 0.353. The minimum atomic E-state index is -0.567. The van der Waals surface area contributed by atoms with E-state index in [9.17, 15) is 14.4 Å². The molecule has 6 heteroatoms. The Bertz CT molecular complexity index is 708. The molecule has 3 amide bonds. The van der Waals surface area contributed by atoms with Gasteiger partial charge in [0.1, 0.15) is 5.75 Å². The number of amides is 3. The number of hydrogen-bond acceptors (Lipinski definition) is 4. The van der Waals surface area contributed by atoms with Gasteiger partial charge in [-0.15, -0.1) is 0 Å². The first-order chi connectivity index (χ1) is 11.0. The van der Waals surface area contributed by atoms with Crippen LogP contribution >= 0.6 is 0 Å². The van der Waals surface area contributed by atoms with Gasteiger partial charge in [-0.1, -0.05) is 0 Å². The number of rotatable bonds is 2. The van der Waals surface area contributed by atoms with E-state index in [1.165, 1.54) is 11.9 Å². The Morgan fingerprint density at radius 2 is 1.74 bits per heavy atom. The zero-order valence-corrected chi connectivity index (χ0v) is 13.1. The number of aryl methyl sites for hydroxylation is 1. The summed E-state index contributed by atoms with van der Waals surface area (Å²) < 4.78 is 5.06. The molecule has 0 atom stereocenters.